The molecular weight excluding hydrogens is 116 g/mol. The maximum atomic E-state index is 9.84. The van der Waals surface area contributed by atoms with Gasteiger partial charge in [0.2, 0.25) is 0 Å². The van der Waals surface area contributed by atoms with E-state index in [0.717, 1.165) is 12.3 Å². The molecule has 0 amide bonds. The van der Waals surface area contributed by atoms with Crippen LogP contribution in [0.3, 0.4) is 0 Å². The predicted octanol–water partition coefficient (Wildman–Crippen LogP) is 1.20. The molecule has 0 aromatic heterocycles. The Morgan fingerprint density at radius 2 is 2.22 bits per heavy atom. The molecule has 0 bridgehead atoms. The Balaban J connectivity index is 2.24. The van der Waals surface area contributed by atoms with Gasteiger partial charge in [-0.3, -0.25) is 4.79 Å². The minimum absolute atomic E-state index is 0.206. The van der Waals surface area contributed by atoms with Crippen molar-refractivity contribution in [2.24, 2.45) is 11.8 Å². The summed E-state index contributed by atoms with van der Waals surface area (Å²) in [6.45, 7) is 4.84. The van der Waals surface area contributed by atoms with Gasteiger partial charge in [-0.2, -0.15) is 0 Å². The zero-order valence-electron chi connectivity index (χ0n) is 5.83. The Morgan fingerprint density at radius 3 is 2.56 bits per heavy atom. The minimum Gasteiger partial charge on any atom is -0.464 e. The monoisotopic (exact) mass is 128 g/mol. The number of rotatable bonds is 2. The molecule has 9 heavy (non-hydrogen) atoms. The molecule has 0 aromatic carbocycles. The van der Waals surface area contributed by atoms with Crippen LogP contribution in [0, 0.1) is 11.8 Å². The molecule has 0 heterocycles. The molecule has 0 saturated heterocycles. The Labute approximate surface area is 55.2 Å². The molecule has 52 valence electrons. The second kappa shape index (κ2) is 2.38. The maximum Gasteiger partial charge on any atom is 0.293 e. The summed E-state index contributed by atoms with van der Waals surface area (Å²) < 4.78 is 4.78. The van der Waals surface area contributed by atoms with Crippen molar-refractivity contribution in [3.63, 3.8) is 0 Å². The highest BCUT2D eigenvalue weighted by Gasteiger charge is 2.35. The number of carbonyl (C=O) groups excluding carboxylic acids is 1. The van der Waals surface area contributed by atoms with Crippen LogP contribution in [-0.2, 0) is 9.53 Å². The first-order chi connectivity index (χ1) is 4.25. The number of hydrogen-bond donors (Lipinski definition) is 0. The third-order valence-electron chi connectivity index (χ3n) is 2.32. The molecule has 2 nitrogen and oxygen atoms in total. The fourth-order valence-corrected chi connectivity index (χ4v) is 1.22. The molecule has 0 N–H and O–H groups in total. The molecule has 0 radical (unpaired) electrons. The molecule has 1 aliphatic rings. The summed E-state index contributed by atoms with van der Waals surface area (Å²) in [4.78, 5) is 9.84. The van der Waals surface area contributed by atoms with Gasteiger partial charge in [-0.15, -0.1) is 0 Å². The highest BCUT2D eigenvalue weighted by atomic mass is 16.5. The molecule has 3 unspecified atom stereocenters. The smallest absolute Gasteiger partial charge is 0.293 e. The number of carbonyl (C=O) groups is 1. The first kappa shape index (κ1) is 6.59. The third kappa shape index (κ3) is 1.07. The SMILES string of the molecule is CC1CC(OC=O)C1C. The Kier molecular flexibility index (Phi) is 1.74. The van der Waals surface area contributed by atoms with E-state index >= 15 is 0 Å². The average molecular weight is 128 g/mol. The van der Waals surface area contributed by atoms with E-state index < -0.39 is 0 Å². The van der Waals surface area contributed by atoms with E-state index in [9.17, 15) is 4.79 Å². The van der Waals surface area contributed by atoms with Gasteiger partial charge >= 0.3 is 0 Å². The first-order valence-electron chi connectivity index (χ1n) is 3.34. The molecule has 0 aromatic rings. The lowest BCUT2D eigenvalue weighted by molar-refractivity contribution is -0.145. The van der Waals surface area contributed by atoms with Crippen LogP contribution in [0.4, 0.5) is 0 Å². The van der Waals surface area contributed by atoms with Gasteiger partial charge in [-0.05, 0) is 18.3 Å². The quantitative estimate of drug-likeness (QED) is 0.522. The number of hydrogen-bond acceptors (Lipinski definition) is 2. The van der Waals surface area contributed by atoms with Crippen LogP contribution >= 0.6 is 0 Å². The maximum absolute atomic E-state index is 9.84. The van der Waals surface area contributed by atoms with Crippen molar-refractivity contribution in [3.8, 4) is 0 Å². The second-order valence-electron chi connectivity index (χ2n) is 2.84. The minimum atomic E-state index is 0.206. The van der Waals surface area contributed by atoms with Crippen LogP contribution in [0.1, 0.15) is 20.3 Å². The molecule has 1 aliphatic carbocycles. The lowest BCUT2D eigenvalue weighted by atomic mass is 9.73. The van der Waals surface area contributed by atoms with Crippen molar-refractivity contribution in [3.05, 3.63) is 0 Å². The van der Waals surface area contributed by atoms with Gasteiger partial charge in [-0.1, -0.05) is 13.8 Å². The van der Waals surface area contributed by atoms with E-state index in [1.54, 1.807) is 0 Å². The average Bonchev–Trinajstić information content (AvgIpc) is 1.88. The van der Waals surface area contributed by atoms with Crippen molar-refractivity contribution in [1.82, 2.24) is 0 Å². The third-order valence-corrected chi connectivity index (χ3v) is 2.32. The summed E-state index contributed by atoms with van der Waals surface area (Å²) in [6, 6.07) is 0. The van der Waals surface area contributed by atoms with Gasteiger partial charge in [0.15, 0.2) is 0 Å². The van der Waals surface area contributed by atoms with Crippen molar-refractivity contribution in [2.75, 3.05) is 0 Å². The van der Waals surface area contributed by atoms with Gasteiger partial charge in [-0.25, -0.2) is 0 Å². The van der Waals surface area contributed by atoms with Crippen LogP contribution in [-0.4, -0.2) is 12.6 Å². The van der Waals surface area contributed by atoms with Gasteiger partial charge in [0.05, 0.1) is 0 Å². The van der Waals surface area contributed by atoms with Crippen LogP contribution in [0.15, 0.2) is 0 Å². The fraction of sp³-hybridized carbons (Fsp3) is 0.857. The highest BCUT2D eigenvalue weighted by molar-refractivity contribution is 5.37. The Hall–Kier alpha value is -0.530. The molecule has 1 rings (SSSR count). The van der Waals surface area contributed by atoms with E-state index in [4.69, 9.17) is 4.74 Å². The zero-order valence-corrected chi connectivity index (χ0v) is 5.83. The molecule has 1 fully saturated rings. The van der Waals surface area contributed by atoms with Gasteiger partial charge in [0.25, 0.3) is 6.47 Å². The van der Waals surface area contributed by atoms with E-state index in [-0.39, 0.29) is 6.10 Å². The largest absolute Gasteiger partial charge is 0.464 e. The van der Waals surface area contributed by atoms with E-state index in [2.05, 4.69) is 13.8 Å². The molecular formula is C7H12O2. The van der Waals surface area contributed by atoms with E-state index in [1.165, 1.54) is 0 Å². The van der Waals surface area contributed by atoms with Crippen LogP contribution < -0.4 is 0 Å². The summed E-state index contributed by atoms with van der Waals surface area (Å²) in [5.74, 6) is 1.30. The Bertz CT molecular complexity index is 111. The van der Waals surface area contributed by atoms with E-state index in [0.29, 0.717) is 12.4 Å². The van der Waals surface area contributed by atoms with Crippen molar-refractivity contribution in [1.29, 1.82) is 0 Å². The predicted molar refractivity (Wildman–Crippen MR) is 33.9 cm³/mol. The summed E-state index contributed by atoms with van der Waals surface area (Å²) in [7, 11) is 0. The van der Waals surface area contributed by atoms with Crippen LogP contribution in [0.5, 0.6) is 0 Å². The number of ether oxygens (including phenoxy) is 1. The first-order valence-corrected chi connectivity index (χ1v) is 3.34. The van der Waals surface area contributed by atoms with Crippen LogP contribution in [0.2, 0.25) is 0 Å². The molecule has 3 atom stereocenters. The topological polar surface area (TPSA) is 26.3 Å². The highest BCUT2D eigenvalue weighted by Crippen LogP contribution is 2.35. The van der Waals surface area contributed by atoms with Crippen molar-refractivity contribution >= 4 is 6.47 Å². The Morgan fingerprint density at radius 1 is 1.56 bits per heavy atom. The van der Waals surface area contributed by atoms with Crippen molar-refractivity contribution < 1.29 is 9.53 Å². The van der Waals surface area contributed by atoms with Gasteiger partial charge in [0, 0.05) is 0 Å². The van der Waals surface area contributed by atoms with Crippen LogP contribution in [0.25, 0.3) is 0 Å². The standard InChI is InChI=1S/C7H12O2/c1-5-3-7(6(5)2)9-4-8/h4-7H,3H2,1-2H3. The fourth-order valence-electron chi connectivity index (χ4n) is 1.22. The lowest BCUT2D eigenvalue weighted by Gasteiger charge is -2.38. The summed E-state index contributed by atoms with van der Waals surface area (Å²) >= 11 is 0. The van der Waals surface area contributed by atoms with Gasteiger partial charge < -0.3 is 4.74 Å². The molecule has 0 aliphatic heterocycles. The normalized spacial score (nSPS) is 41.3. The molecule has 0 spiro atoms. The summed E-state index contributed by atoms with van der Waals surface area (Å²) in [5, 5.41) is 0. The van der Waals surface area contributed by atoms with Crippen molar-refractivity contribution in [2.45, 2.75) is 26.4 Å². The summed E-state index contributed by atoms with van der Waals surface area (Å²) in [5.41, 5.74) is 0. The molecule has 2 heteroatoms. The molecule has 1 saturated carbocycles. The summed E-state index contributed by atoms with van der Waals surface area (Å²) in [6.07, 6.45) is 1.25. The van der Waals surface area contributed by atoms with Gasteiger partial charge in [0.1, 0.15) is 6.10 Å². The zero-order chi connectivity index (χ0) is 6.85. The van der Waals surface area contributed by atoms with E-state index in [1.807, 2.05) is 0 Å². The second-order valence-corrected chi connectivity index (χ2v) is 2.84. The lowest BCUT2D eigenvalue weighted by Crippen LogP contribution is -2.39.